The Bertz CT molecular complexity index is 295. The van der Waals surface area contributed by atoms with Crippen LogP contribution in [0.2, 0.25) is 0 Å². The van der Waals surface area contributed by atoms with Gasteiger partial charge in [0.1, 0.15) is 5.60 Å². The van der Waals surface area contributed by atoms with E-state index < -0.39 is 5.60 Å². The molecule has 0 aliphatic heterocycles. The molecule has 2 rings (SSSR count). The summed E-state index contributed by atoms with van der Waals surface area (Å²) in [5, 5.41) is 0. The summed E-state index contributed by atoms with van der Waals surface area (Å²) in [4.78, 5) is 11.5. The van der Waals surface area contributed by atoms with E-state index in [0.717, 1.165) is 18.3 Å². The van der Waals surface area contributed by atoms with Gasteiger partial charge in [-0.2, -0.15) is 0 Å². The Hall–Kier alpha value is -0.770. The molecule has 2 saturated carbocycles. The predicted molar refractivity (Wildman–Crippen MR) is 71.0 cm³/mol. The zero-order valence-electron chi connectivity index (χ0n) is 11.8. The maximum absolute atomic E-state index is 11.5. The van der Waals surface area contributed by atoms with E-state index in [0.29, 0.717) is 6.04 Å². The Morgan fingerprint density at radius 2 is 1.83 bits per heavy atom. The molecule has 1 amide bonds. The third-order valence-electron chi connectivity index (χ3n) is 3.78. The number of amides is 1. The summed E-state index contributed by atoms with van der Waals surface area (Å²) in [5.41, 5.74) is 5.37. The number of nitrogens with one attached hydrogen (secondary N) is 2. The number of ether oxygens (including phenoxy) is 1. The molecule has 2 N–H and O–H groups in total. The molecule has 4 nitrogen and oxygen atoms in total. The highest BCUT2D eigenvalue weighted by Gasteiger charge is 2.34. The van der Waals surface area contributed by atoms with E-state index >= 15 is 0 Å². The van der Waals surface area contributed by atoms with E-state index in [-0.39, 0.29) is 6.09 Å². The molecule has 2 unspecified atom stereocenters. The molecule has 0 aromatic rings. The second kappa shape index (κ2) is 5.47. The number of hydrazine groups is 1. The van der Waals surface area contributed by atoms with Crippen molar-refractivity contribution in [1.82, 2.24) is 10.9 Å². The number of carbonyl (C=O) groups is 1. The first-order valence-electron chi connectivity index (χ1n) is 7.18. The van der Waals surface area contributed by atoms with Crippen LogP contribution in [0.4, 0.5) is 4.79 Å². The van der Waals surface area contributed by atoms with Crippen LogP contribution in [0, 0.1) is 11.8 Å². The number of hydrogen-bond acceptors (Lipinski definition) is 3. The molecular formula is C14H26N2O2. The van der Waals surface area contributed by atoms with Crippen molar-refractivity contribution in [1.29, 1.82) is 0 Å². The molecule has 2 aliphatic rings. The lowest BCUT2D eigenvalue weighted by Gasteiger charge is -2.30. The molecule has 2 aliphatic carbocycles. The summed E-state index contributed by atoms with van der Waals surface area (Å²) < 4.78 is 5.20. The smallest absolute Gasteiger partial charge is 0.422 e. The van der Waals surface area contributed by atoms with Crippen LogP contribution in [0.1, 0.15) is 59.3 Å². The SMILES string of the molecule is CC(C)(C)OC(=O)NNC1CCCC(C2CC2)C1. The van der Waals surface area contributed by atoms with Gasteiger partial charge in [-0.1, -0.05) is 12.8 Å². The van der Waals surface area contributed by atoms with E-state index in [4.69, 9.17) is 4.74 Å². The number of carbonyl (C=O) groups excluding carboxylic acids is 1. The number of rotatable bonds is 3. The topological polar surface area (TPSA) is 50.4 Å². The Labute approximate surface area is 110 Å². The molecule has 4 heteroatoms. The lowest BCUT2D eigenvalue weighted by atomic mass is 9.83. The lowest BCUT2D eigenvalue weighted by Crippen LogP contribution is -2.48. The van der Waals surface area contributed by atoms with E-state index in [9.17, 15) is 4.79 Å². The zero-order chi connectivity index (χ0) is 13.2. The highest BCUT2D eigenvalue weighted by molar-refractivity contribution is 5.67. The molecule has 0 spiro atoms. The molecule has 0 bridgehead atoms. The first-order chi connectivity index (χ1) is 8.44. The Morgan fingerprint density at radius 1 is 1.11 bits per heavy atom. The van der Waals surface area contributed by atoms with Gasteiger partial charge < -0.3 is 4.74 Å². The van der Waals surface area contributed by atoms with Gasteiger partial charge in [0.05, 0.1) is 0 Å². The van der Waals surface area contributed by atoms with E-state index in [1.165, 1.54) is 32.1 Å². The van der Waals surface area contributed by atoms with Gasteiger partial charge in [-0.15, -0.1) is 0 Å². The van der Waals surface area contributed by atoms with Crippen LogP contribution in [0.3, 0.4) is 0 Å². The molecule has 0 radical (unpaired) electrons. The van der Waals surface area contributed by atoms with Gasteiger partial charge in [0.15, 0.2) is 0 Å². The van der Waals surface area contributed by atoms with Crippen LogP contribution in [-0.2, 0) is 4.74 Å². The average Bonchev–Trinajstić information content (AvgIpc) is 3.08. The molecule has 2 atom stereocenters. The number of hydrogen-bond donors (Lipinski definition) is 2. The minimum atomic E-state index is -0.436. The quantitative estimate of drug-likeness (QED) is 0.761. The normalized spacial score (nSPS) is 28.8. The summed E-state index contributed by atoms with van der Waals surface area (Å²) in [7, 11) is 0. The fourth-order valence-electron chi connectivity index (χ4n) is 2.82. The van der Waals surface area contributed by atoms with Crippen molar-refractivity contribution in [2.75, 3.05) is 0 Å². The van der Waals surface area contributed by atoms with Crippen molar-refractivity contribution in [3.8, 4) is 0 Å². The Kier molecular flexibility index (Phi) is 4.15. The summed E-state index contributed by atoms with van der Waals surface area (Å²) in [5.74, 6) is 1.84. The average molecular weight is 254 g/mol. The van der Waals surface area contributed by atoms with Gasteiger partial charge in [0.25, 0.3) is 0 Å². The first-order valence-corrected chi connectivity index (χ1v) is 7.18. The summed E-state index contributed by atoms with van der Waals surface area (Å²) in [6.07, 6.45) is 7.44. The Balaban J connectivity index is 1.67. The van der Waals surface area contributed by atoms with Crippen LogP contribution in [-0.4, -0.2) is 17.7 Å². The summed E-state index contributed by atoms with van der Waals surface area (Å²) >= 11 is 0. The van der Waals surface area contributed by atoms with E-state index in [1.807, 2.05) is 20.8 Å². The van der Waals surface area contributed by atoms with Gasteiger partial charge in [0, 0.05) is 6.04 Å². The second-order valence-corrected chi connectivity index (χ2v) is 6.73. The lowest BCUT2D eigenvalue weighted by molar-refractivity contribution is 0.0477. The Morgan fingerprint density at radius 3 is 2.44 bits per heavy atom. The zero-order valence-corrected chi connectivity index (χ0v) is 11.8. The molecule has 104 valence electrons. The molecule has 0 aromatic heterocycles. The standard InChI is InChI=1S/C14H26N2O2/c1-14(2,3)18-13(17)16-15-12-6-4-5-11(9-12)10-7-8-10/h10-12,15H,4-9H2,1-3H3,(H,16,17). The third-order valence-corrected chi connectivity index (χ3v) is 3.78. The van der Waals surface area contributed by atoms with Crippen molar-refractivity contribution >= 4 is 6.09 Å². The van der Waals surface area contributed by atoms with Crippen molar-refractivity contribution in [2.24, 2.45) is 11.8 Å². The third kappa shape index (κ3) is 4.48. The minimum Gasteiger partial charge on any atom is -0.443 e. The van der Waals surface area contributed by atoms with Crippen LogP contribution in [0.15, 0.2) is 0 Å². The molecular weight excluding hydrogens is 228 g/mol. The van der Waals surface area contributed by atoms with Gasteiger partial charge in [-0.05, 0) is 58.3 Å². The van der Waals surface area contributed by atoms with E-state index in [2.05, 4.69) is 10.9 Å². The van der Waals surface area contributed by atoms with Gasteiger partial charge >= 0.3 is 6.09 Å². The van der Waals surface area contributed by atoms with Gasteiger partial charge in [-0.25, -0.2) is 10.2 Å². The van der Waals surface area contributed by atoms with Gasteiger partial charge in [-0.3, -0.25) is 5.43 Å². The largest absolute Gasteiger partial charge is 0.443 e. The minimum absolute atomic E-state index is 0.379. The van der Waals surface area contributed by atoms with Crippen molar-refractivity contribution < 1.29 is 9.53 Å². The second-order valence-electron chi connectivity index (χ2n) is 6.73. The maximum atomic E-state index is 11.5. The molecule has 0 aromatic carbocycles. The van der Waals surface area contributed by atoms with Gasteiger partial charge in [0.2, 0.25) is 0 Å². The van der Waals surface area contributed by atoms with E-state index in [1.54, 1.807) is 0 Å². The van der Waals surface area contributed by atoms with Crippen molar-refractivity contribution in [3.05, 3.63) is 0 Å². The van der Waals surface area contributed by atoms with Crippen LogP contribution in [0.25, 0.3) is 0 Å². The molecule has 18 heavy (non-hydrogen) atoms. The maximum Gasteiger partial charge on any atom is 0.422 e. The monoisotopic (exact) mass is 254 g/mol. The fraction of sp³-hybridized carbons (Fsp3) is 0.929. The summed E-state index contributed by atoms with van der Waals surface area (Å²) in [6, 6.07) is 0.414. The van der Waals surface area contributed by atoms with Crippen molar-refractivity contribution in [3.63, 3.8) is 0 Å². The highest BCUT2D eigenvalue weighted by atomic mass is 16.6. The van der Waals surface area contributed by atoms with Crippen LogP contribution >= 0.6 is 0 Å². The highest BCUT2D eigenvalue weighted by Crippen LogP contribution is 2.43. The molecule has 0 saturated heterocycles. The molecule has 2 fully saturated rings. The van der Waals surface area contributed by atoms with Crippen LogP contribution in [0.5, 0.6) is 0 Å². The fourth-order valence-corrected chi connectivity index (χ4v) is 2.82. The summed E-state index contributed by atoms with van der Waals surface area (Å²) in [6.45, 7) is 5.61. The van der Waals surface area contributed by atoms with Crippen molar-refractivity contribution in [2.45, 2.75) is 70.9 Å². The molecule has 0 heterocycles. The predicted octanol–water partition coefficient (Wildman–Crippen LogP) is 2.98. The first kappa shape index (κ1) is 13.7. The van der Waals surface area contributed by atoms with Crippen LogP contribution < -0.4 is 10.9 Å².